The van der Waals surface area contributed by atoms with Gasteiger partial charge in [0.2, 0.25) is 5.91 Å². The van der Waals surface area contributed by atoms with Crippen molar-refractivity contribution in [2.75, 3.05) is 5.75 Å². The summed E-state index contributed by atoms with van der Waals surface area (Å²) >= 11 is 2.99. The summed E-state index contributed by atoms with van der Waals surface area (Å²) in [4.78, 5) is 32.4. The molecule has 0 saturated carbocycles. The Labute approximate surface area is 174 Å². The van der Waals surface area contributed by atoms with E-state index in [1.807, 2.05) is 6.92 Å². The summed E-state index contributed by atoms with van der Waals surface area (Å²) in [5, 5.41) is 4.40. The number of aromatic nitrogens is 2. The van der Waals surface area contributed by atoms with Gasteiger partial charge in [-0.05, 0) is 44.6 Å². The van der Waals surface area contributed by atoms with Gasteiger partial charge in [-0.3, -0.25) is 14.2 Å². The fraction of sp³-hybridized carbons (Fsp3) is 0.571. The molecular formula is C21H29N3O2S2. The van der Waals surface area contributed by atoms with Crippen LogP contribution in [-0.2, 0) is 24.2 Å². The van der Waals surface area contributed by atoms with Crippen molar-refractivity contribution in [1.82, 2.24) is 14.9 Å². The van der Waals surface area contributed by atoms with Gasteiger partial charge >= 0.3 is 0 Å². The SMILES string of the molecule is C=CCn1c(SCC(=O)NC(C)CCC)nc2sc3c(c2c1=O)CCCCC3. The average molecular weight is 420 g/mol. The van der Waals surface area contributed by atoms with E-state index in [9.17, 15) is 9.59 Å². The summed E-state index contributed by atoms with van der Waals surface area (Å²) in [6.07, 6.45) is 9.24. The zero-order chi connectivity index (χ0) is 20.1. The third-order valence-corrected chi connectivity index (χ3v) is 7.23. The van der Waals surface area contributed by atoms with Crippen LogP contribution < -0.4 is 10.9 Å². The topological polar surface area (TPSA) is 64.0 Å². The number of hydrogen-bond donors (Lipinski definition) is 1. The van der Waals surface area contributed by atoms with Gasteiger partial charge in [0.05, 0.1) is 11.1 Å². The van der Waals surface area contributed by atoms with Crippen LogP contribution >= 0.6 is 23.1 Å². The molecule has 1 atom stereocenters. The lowest BCUT2D eigenvalue weighted by Gasteiger charge is -2.13. The molecule has 0 saturated heterocycles. The van der Waals surface area contributed by atoms with E-state index in [0.717, 1.165) is 42.3 Å². The second-order valence-corrected chi connectivity index (χ2v) is 9.42. The predicted molar refractivity (Wildman–Crippen MR) is 119 cm³/mol. The van der Waals surface area contributed by atoms with Crippen LogP contribution in [0.4, 0.5) is 0 Å². The maximum absolute atomic E-state index is 13.3. The maximum Gasteiger partial charge on any atom is 0.263 e. The van der Waals surface area contributed by atoms with Crippen LogP contribution in [-0.4, -0.2) is 27.3 Å². The van der Waals surface area contributed by atoms with E-state index >= 15 is 0 Å². The van der Waals surface area contributed by atoms with Crippen molar-refractivity contribution < 1.29 is 4.79 Å². The Balaban J connectivity index is 1.89. The summed E-state index contributed by atoms with van der Waals surface area (Å²) in [6, 6.07) is 0.164. The standard InChI is InChI=1S/C21H29N3O2S2/c1-4-9-14(3)22-17(25)13-27-21-23-19-18(20(26)24(21)12-5-2)15-10-7-6-8-11-16(15)28-19/h5,14H,2,4,6-13H2,1,3H3,(H,22,25). The number of fused-ring (bicyclic) bond motifs is 3. The summed E-state index contributed by atoms with van der Waals surface area (Å²) in [5.74, 6) is 0.237. The molecule has 0 aromatic carbocycles. The minimum atomic E-state index is -0.0209. The smallest absolute Gasteiger partial charge is 0.263 e. The molecule has 0 fully saturated rings. The number of hydrogen-bond acceptors (Lipinski definition) is 5. The van der Waals surface area contributed by atoms with Gasteiger partial charge in [-0.2, -0.15) is 0 Å². The fourth-order valence-corrected chi connectivity index (χ4v) is 5.87. The molecule has 1 aliphatic carbocycles. The highest BCUT2D eigenvalue weighted by molar-refractivity contribution is 7.99. The summed E-state index contributed by atoms with van der Waals surface area (Å²) in [5.41, 5.74) is 1.21. The molecule has 2 aromatic rings. The van der Waals surface area contributed by atoms with Gasteiger partial charge in [0.25, 0.3) is 5.56 Å². The van der Waals surface area contributed by atoms with Crippen LogP contribution in [0, 0.1) is 0 Å². The normalized spacial score (nSPS) is 15.1. The van der Waals surface area contributed by atoms with Crippen LogP contribution in [0.5, 0.6) is 0 Å². The minimum absolute atomic E-state index is 0.00607. The molecule has 7 heteroatoms. The van der Waals surface area contributed by atoms with Crippen molar-refractivity contribution in [2.24, 2.45) is 0 Å². The zero-order valence-electron chi connectivity index (χ0n) is 16.8. The van der Waals surface area contributed by atoms with E-state index in [2.05, 4.69) is 18.8 Å². The van der Waals surface area contributed by atoms with Gasteiger partial charge in [-0.1, -0.05) is 37.6 Å². The number of allylic oxidation sites excluding steroid dienone is 1. The second kappa shape index (κ2) is 9.74. The Morgan fingerprint density at radius 1 is 1.39 bits per heavy atom. The molecule has 1 aliphatic rings. The van der Waals surface area contributed by atoms with Gasteiger partial charge in [0.15, 0.2) is 5.16 Å². The molecule has 0 bridgehead atoms. The van der Waals surface area contributed by atoms with E-state index in [1.165, 1.54) is 35.0 Å². The van der Waals surface area contributed by atoms with E-state index in [-0.39, 0.29) is 23.3 Å². The first-order chi connectivity index (χ1) is 13.5. The molecule has 5 nitrogen and oxygen atoms in total. The van der Waals surface area contributed by atoms with Crippen molar-refractivity contribution in [3.8, 4) is 0 Å². The van der Waals surface area contributed by atoms with E-state index in [1.54, 1.807) is 22.0 Å². The van der Waals surface area contributed by atoms with Gasteiger partial charge in [0, 0.05) is 17.5 Å². The molecule has 0 radical (unpaired) electrons. The quantitative estimate of drug-likeness (QED) is 0.300. The highest BCUT2D eigenvalue weighted by Gasteiger charge is 2.21. The molecule has 28 heavy (non-hydrogen) atoms. The highest BCUT2D eigenvalue weighted by atomic mass is 32.2. The number of rotatable bonds is 8. The molecule has 152 valence electrons. The summed E-state index contributed by atoms with van der Waals surface area (Å²) in [6.45, 7) is 8.32. The van der Waals surface area contributed by atoms with Crippen molar-refractivity contribution in [3.05, 3.63) is 33.4 Å². The Hall–Kier alpha value is -1.60. The molecule has 3 rings (SSSR count). The molecule has 0 spiro atoms. The van der Waals surface area contributed by atoms with Crippen molar-refractivity contribution in [2.45, 2.75) is 76.5 Å². The molecule has 1 unspecified atom stereocenters. The van der Waals surface area contributed by atoms with E-state index in [0.29, 0.717) is 11.7 Å². The third-order valence-electron chi connectivity index (χ3n) is 5.06. The molecule has 0 aliphatic heterocycles. The molecule has 2 heterocycles. The number of aryl methyl sites for hydroxylation is 2. The summed E-state index contributed by atoms with van der Waals surface area (Å²) < 4.78 is 1.67. The average Bonchev–Trinajstić information content (AvgIpc) is 2.84. The fourth-order valence-electron chi connectivity index (χ4n) is 3.75. The number of thioether (sulfide) groups is 1. The number of carbonyl (C=O) groups excluding carboxylic acids is 1. The van der Waals surface area contributed by atoms with Crippen LogP contribution in [0.25, 0.3) is 10.2 Å². The lowest BCUT2D eigenvalue weighted by Crippen LogP contribution is -2.34. The second-order valence-electron chi connectivity index (χ2n) is 7.39. The van der Waals surface area contributed by atoms with Crippen LogP contribution in [0.3, 0.4) is 0 Å². The first-order valence-electron chi connectivity index (χ1n) is 10.1. The lowest BCUT2D eigenvalue weighted by molar-refractivity contribution is -0.119. The number of carbonyl (C=O) groups is 1. The van der Waals surface area contributed by atoms with Gasteiger partial charge in [-0.25, -0.2) is 4.98 Å². The Morgan fingerprint density at radius 2 is 2.18 bits per heavy atom. The lowest BCUT2D eigenvalue weighted by atomic mass is 10.1. The highest BCUT2D eigenvalue weighted by Crippen LogP contribution is 2.34. The first-order valence-corrected chi connectivity index (χ1v) is 11.9. The third kappa shape index (κ3) is 4.69. The first kappa shape index (κ1) is 21.1. The monoisotopic (exact) mass is 419 g/mol. The number of thiophene rings is 1. The molecule has 1 N–H and O–H groups in total. The largest absolute Gasteiger partial charge is 0.353 e. The number of nitrogens with one attached hydrogen (secondary N) is 1. The zero-order valence-corrected chi connectivity index (χ0v) is 18.4. The number of nitrogens with zero attached hydrogens (tertiary/aromatic N) is 2. The molecule has 2 aromatic heterocycles. The Morgan fingerprint density at radius 3 is 2.93 bits per heavy atom. The van der Waals surface area contributed by atoms with E-state index in [4.69, 9.17) is 4.98 Å². The molecular weight excluding hydrogens is 390 g/mol. The predicted octanol–water partition coefficient (Wildman–Crippen LogP) is 4.31. The minimum Gasteiger partial charge on any atom is -0.353 e. The van der Waals surface area contributed by atoms with E-state index < -0.39 is 0 Å². The Bertz CT molecular complexity index is 916. The van der Waals surface area contributed by atoms with Crippen LogP contribution in [0.1, 0.15) is 56.4 Å². The van der Waals surface area contributed by atoms with Gasteiger partial charge in [-0.15, -0.1) is 17.9 Å². The van der Waals surface area contributed by atoms with Gasteiger partial charge in [0.1, 0.15) is 4.83 Å². The molecule has 1 amide bonds. The Kier molecular flexibility index (Phi) is 7.35. The van der Waals surface area contributed by atoms with Gasteiger partial charge < -0.3 is 5.32 Å². The maximum atomic E-state index is 13.3. The van der Waals surface area contributed by atoms with Crippen LogP contribution in [0.15, 0.2) is 22.6 Å². The summed E-state index contributed by atoms with van der Waals surface area (Å²) in [7, 11) is 0. The van der Waals surface area contributed by atoms with Crippen molar-refractivity contribution in [1.29, 1.82) is 0 Å². The van der Waals surface area contributed by atoms with Crippen LogP contribution in [0.2, 0.25) is 0 Å². The number of amides is 1. The van der Waals surface area contributed by atoms with Crippen molar-refractivity contribution in [3.63, 3.8) is 0 Å². The van der Waals surface area contributed by atoms with Crippen molar-refractivity contribution >= 4 is 39.2 Å².